The van der Waals surface area contributed by atoms with Gasteiger partial charge in [-0.15, -0.1) is 0 Å². The molecule has 0 atom stereocenters. The number of H-pyrrole nitrogens is 1. The molecule has 0 radical (unpaired) electrons. The van der Waals surface area contributed by atoms with E-state index in [1.54, 1.807) is 45.2 Å². The lowest BCUT2D eigenvalue weighted by Crippen LogP contribution is -2.14. The SMILES string of the molecule is COc1cccc(/C=C/C(=O)OCC(=O)c2[nH]c(C)c(C(C)=O)c2C)c1. The van der Waals surface area contributed by atoms with E-state index in [2.05, 4.69) is 4.98 Å². The lowest BCUT2D eigenvalue weighted by atomic mass is 10.1. The summed E-state index contributed by atoms with van der Waals surface area (Å²) in [7, 11) is 1.56. The third kappa shape index (κ3) is 4.47. The molecule has 0 spiro atoms. The van der Waals surface area contributed by atoms with Crippen molar-refractivity contribution in [3.63, 3.8) is 0 Å². The second-order valence-electron chi connectivity index (χ2n) is 5.82. The summed E-state index contributed by atoms with van der Waals surface area (Å²) in [5.41, 5.74) is 2.76. The normalized spacial score (nSPS) is 10.8. The topological polar surface area (TPSA) is 85.5 Å². The number of ketones is 2. The third-order valence-corrected chi connectivity index (χ3v) is 3.92. The van der Waals surface area contributed by atoms with Gasteiger partial charge in [-0.05, 0) is 50.1 Å². The number of carbonyl (C=O) groups is 3. The highest BCUT2D eigenvalue weighted by atomic mass is 16.5. The molecule has 0 fully saturated rings. The summed E-state index contributed by atoms with van der Waals surface area (Å²) < 4.78 is 10.1. The Bertz CT molecular complexity index is 876. The molecule has 1 N–H and O–H groups in total. The van der Waals surface area contributed by atoms with Crippen molar-refractivity contribution in [2.75, 3.05) is 13.7 Å². The summed E-state index contributed by atoms with van der Waals surface area (Å²) in [6.45, 7) is 4.46. The van der Waals surface area contributed by atoms with Gasteiger partial charge in [0.05, 0.1) is 12.8 Å². The van der Waals surface area contributed by atoms with Crippen LogP contribution in [0, 0.1) is 13.8 Å². The minimum atomic E-state index is -0.631. The number of hydrogen-bond acceptors (Lipinski definition) is 5. The van der Waals surface area contributed by atoms with E-state index in [0.29, 0.717) is 22.6 Å². The van der Waals surface area contributed by atoms with Crippen LogP contribution in [0.5, 0.6) is 5.75 Å². The lowest BCUT2D eigenvalue weighted by molar-refractivity contribution is -0.136. The van der Waals surface area contributed by atoms with Crippen molar-refractivity contribution in [3.8, 4) is 5.75 Å². The fourth-order valence-corrected chi connectivity index (χ4v) is 2.72. The molecule has 6 nitrogen and oxygen atoms in total. The van der Waals surface area contributed by atoms with Crippen LogP contribution in [0.3, 0.4) is 0 Å². The molecule has 0 aliphatic carbocycles. The van der Waals surface area contributed by atoms with Crippen LogP contribution in [0.1, 0.15) is 44.6 Å². The van der Waals surface area contributed by atoms with E-state index in [1.165, 1.54) is 13.0 Å². The summed E-state index contributed by atoms with van der Waals surface area (Å²) >= 11 is 0. The Morgan fingerprint density at radius 1 is 1.19 bits per heavy atom. The smallest absolute Gasteiger partial charge is 0.331 e. The van der Waals surface area contributed by atoms with Crippen molar-refractivity contribution in [2.45, 2.75) is 20.8 Å². The van der Waals surface area contributed by atoms with Crippen molar-refractivity contribution in [1.29, 1.82) is 0 Å². The minimum absolute atomic E-state index is 0.117. The zero-order valence-electron chi connectivity index (χ0n) is 15.2. The maximum atomic E-state index is 12.3. The molecule has 0 saturated heterocycles. The highest BCUT2D eigenvalue weighted by Crippen LogP contribution is 2.19. The quantitative estimate of drug-likeness (QED) is 0.468. The number of aromatic amines is 1. The number of aromatic nitrogens is 1. The molecule has 0 bridgehead atoms. The molecule has 0 aliphatic rings. The van der Waals surface area contributed by atoms with Crippen molar-refractivity contribution in [1.82, 2.24) is 4.98 Å². The molecule has 1 heterocycles. The van der Waals surface area contributed by atoms with E-state index in [1.807, 2.05) is 6.07 Å². The number of Topliss-reactive ketones (excluding diaryl/α,β-unsaturated/α-hetero) is 2. The van der Waals surface area contributed by atoms with E-state index in [4.69, 9.17) is 9.47 Å². The summed E-state index contributed by atoms with van der Waals surface area (Å²) in [5.74, 6) is -0.460. The van der Waals surface area contributed by atoms with Gasteiger partial charge in [-0.25, -0.2) is 4.79 Å². The van der Waals surface area contributed by atoms with Gasteiger partial charge < -0.3 is 14.5 Å². The number of rotatable bonds is 7. The van der Waals surface area contributed by atoms with E-state index in [9.17, 15) is 14.4 Å². The van der Waals surface area contributed by atoms with Crippen molar-refractivity contribution >= 4 is 23.6 Å². The standard InChI is InChI=1S/C20H21NO5/c1-12-19(14(3)22)13(2)21-20(12)17(23)11-26-18(24)9-8-15-6-5-7-16(10-15)25-4/h5-10,21H,11H2,1-4H3/b9-8+. The number of esters is 1. The van der Waals surface area contributed by atoms with Crippen LogP contribution in [0.2, 0.25) is 0 Å². The molecule has 136 valence electrons. The highest BCUT2D eigenvalue weighted by Gasteiger charge is 2.20. The van der Waals surface area contributed by atoms with E-state index in [0.717, 1.165) is 5.56 Å². The maximum Gasteiger partial charge on any atom is 0.331 e. The van der Waals surface area contributed by atoms with Gasteiger partial charge in [0.15, 0.2) is 12.4 Å². The summed E-state index contributed by atoms with van der Waals surface area (Å²) in [5, 5.41) is 0. The van der Waals surface area contributed by atoms with Crippen LogP contribution >= 0.6 is 0 Å². The first-order valence-electron chi connectivity index (χ1n) is 8.05. The first-order chi connectivity index (χ1) is 12.3. The lowest BCUT2D eigenvalue weighted by Gasteiger charge is -2.02. The van der Waals surface area contributed by atoms with Gasteiger partial charge in [-0.2, -0.15) is 0 Å². The van der Waals surface area contributed by atoms with Crippen LogP contribution in [-0.2, 0) is 9.53 Å². The van der Waals surface area contributed by atoms with Crippen LogP contribution in [0.15, 0.2) is 30.3 Å². The molecule has 0 saturated carbocycles. The van der Waals surface area contributed by atoms with Gasteiger partial charge in [0.2, 0.25) is 5.78 Å². The fraction of sp³-hybridized carbons (Fsp3) is 0.250. The van der Waals surface area contributed by atoms with Gasteiger partial charge in [0.1, 0.15) is 5.75 Å². The Labute approximate surface area is 151 Å². The van der Waals surface area contributed by atoms with E-state index >= 15 is 0 Å². The number of methoxy groups -OCH3 is 1. The Morgan fingerprint density at radius 2 is 1.92 bits per heavy atom. The molecule has 1 aromatic carbocycles. The minimum Gasteiger partial charge on any atom is -0.497 e. The van der Waals surface area contributed by atoms with Gasteiger partial charge in [0, 0.05) is 17.3 Å². The second kappa shape index (κ2) is 8.29. The monoisotopic (exact) mass is 355 g/mol. The van der Waals surface area contributed by atoms with Gasteiger partial charge in [0.25, 0.3) is 0 Å². The van der Waals surface area contributed by atoms with Crippen LogP contribution in [-0.4, -0.2) is 36.2 Å². The average molecular weight is 355 g/mol. The van der Waals surface area contributed by atoms with Gasteiger partial charge in [-0.3, -0.25) is 9.59 Å². The molecule has 2 rings (SSSR count). The maximum absolute atomic E-state index is 12.3. The average Bonchev–Trinajstić information content (AvgIpc) is 2.92. The number of ether oxygens (including phenoxy) is 2. The summed E-state index contributed by atoms with van der Waals surface area (Å²) in [4.78, 5) is 38.6. The Hall–Kier alpha value is -3.15. The predicted octanol–water partition coefficient (Wildman–Crippen LogP) is 3.28. The Kier molecular flexibility index (Phi) is 6.11. The molecule has 0 amide bonds. The van der Waals surface area contributed by atoms with E-state index < -0.39 is 12.6 Å². The highest BCUT2D eigenvalue weighted by molar-refractivity contribution is 6.04. The summed E-state index contributed by atoms with van der Waals surface area (Å²) in [6.07, 6.45) is 2.82. The Balaban J connectivity index is 1.99. The number of hydrogen-bond donors (Lipinski definition) is 1. The number of carbonyl (C=O) groups excluding carboxylic acids is 3. The predicted molar refractivity (Wildman–Crippen MR) is 97.6 cm³/mol. The largest absolute Gasteiger partial charge is 0.497 e. The third-order valence-electron chi connectivity index (χ3n) is 3.92. The molecular weight excluding hydrogens is 334 g/mol. The second-order valence-corrected chi connectivity index (χ2v) is 5.82. The Morgan fingerprint density at radius 3 is 2.54 bits per heavy atom. The van der Waals surface area contributed by atoms with Crippen LogP contribution in [0.4, 0.5) is 0 Å². The number of nitrogens with one attached hydrogen (secondary N) is 1. The van der Waals surface area contributed by atoms with Crippen molar-refractivity contribution in [3.05, 3.63) is 58.4 Å². The number of aryl methyl sites for hydroxylation is 1. The number of benzene rings is 1. The van der Waals surface area contributed by atoms with E-state index in [-0.39, 0.29) is 17.3 Å². The van der Waals surface area contributed by atoms with Crippen molar-refractivity contribution in [2.24, 2.45) is 0 Å². The van der Waals surface area contributed by atoms with Gasteiger partial charge >= 0.3 is 5.97 Å². The van der Waals surface area contributed by atoms with Crippen LogP contribution < -0.4 is 4.74 Å². The molecule has 1 aromatic heterocycles. The zero-order chi connectivity index (χ0) is 19.3. The van der Waals surface area contributed by atoms with Gasteiger partial charge in [-0.1, -0.05) is 12.1 Å². The first-order valence-corrected chi connectivity index (χ1v) is 8.05. The molecule has 6 heteroatoms. The molecule has 2 aromatic rings. The van der Waals surface area contributed by atoms with Crippen LogP contribution in [0.25, 0.3) is 6.08 Å². The molecule has 0 unspecified atom stereocenters. The zero-order valence-corrected chi connectivity index (χ0v) is 15.2. The summed E-state index contributed by atoms with van der Waals surface area (Å²) in [6, 6.07) is 7.18. The fourth-order valence-electron chi connectivity index (χ4n) is 2.72. The van der Waals surface area contributed by atoms with Crippen molar-refractivity contribution < 1.29 is 23.9 Å². The molecular formula is C20H21NO5. The molecule has 26 heavy (non-hydrogen) atoms. The first kappa shape index (κ1) is 19.2. The molecule has 0 aliphatic heterocycles.